The lowest BCUT2D eigenvalue weighted by Crippen LogP contribution is -2.35. The lowest BCUT2D eigenvalue weighted by molar-refractivity contribution is -0.137. The number of hydrogen-bond donors (Lipinski definition) is 1. The number of Topliss-reactive ketones (excluding diaryl/α,β-unsaturated/α-hetero) is 1. The van der Waals surface area contributed by atoms with Crippen LogP contribution in [0.25, 0.3) is 5.69 Å². The lowest BCUT2D eigenvalue weighted by Gasteiger charge is -2.26. The standard InChI is InChI=1S/C20H20N2O6/c1-2-28-20(27)18(25)15-10-12-22(19(26)17(15)24)14-8-6-13(7-9-14)21-11-4-3-5-16(21)23/h6-10,12,24H,2-5,11H2,1H3. The average Bonchev–Trinajstić information content (AvgIpc) is 2.70. The maximum absolute atomic E-state index is 12.5. The van der Waals surface area contributed by atoms with Crippen LogP contribution in [0, 0.1) is 0 Å². The number of esters is 1. The predicted molar refractivity (Wildman–Crippen MR) is 101 cm³/mol. The molecular formula is C20H20N2O6. The molecule has 0 bridgehead atoms. The molecule has 1 aromatic heterocycles. The highest BCUT2D eigenvalue weighted by Crippen LogP contribution is 2.22. The zero-order valence-corrected chi connectivity index (χ0v) is 15.4. The van der Waals surface area contributed by atoms with Gasteiger partial charge in [-0.05, 0) is 50.1 Å². The van der Waals surface area contributed by atoms with Crippen LogP contribution in [0.5, 0.6) is 5.75 Å². The normalized spacial score (nSPS) is 14.0. The molecule has 0 spiro atoms. The molecule has 0 aliphatic carbocycles. The Labute approximate surface area is 161 Å². The number of benzene rings is 1. The number of pyridine rings is 1. The summed E-state index contributed by atoms with van der Waals surface area (Å²) in [7, 11) is 0. The van der Waals surface area contributed by atoms with Gasteiger partial charge in [0.2, 0.25) is 5.91 Å². The number of nitrogens with zero attached hydrogens (tertiary/aromatic N) is 2. The summed E-state index contributed by atoms with van der Waals surface area (Å²) in [5.41, 5.74) is -0.0596. The first-order valence-corrected chi connectivity index (χ1v) is 9.01. The topological polar surface area (TPSA) is 106 Å². The number of ether oxygens (including phenoxy) is 1. The summed E-state index contributed by atoms with van der Waals surface area (Å²) < 4.78 is 5.76. The third kappa shape index (κ3) is 3.66. The van der Waals surface area contributed by atoms with Crippen molar-refractivity contribution in [1.82, 2.24) is 4.57 Å². The number of rotatable bonds is 5. The van der Waals surface area contributed by atoms with Gasteiger partial charge in [0.05, 0.1) is 12.2 Å². The highest BCUT2D eigenvalue weighted by atomic mass is 16.5. The molecular weight excluding hydrogens is 364 g/mol. The summed E-state index contributed by atoms with van der Waals surface area (Å²) in [6, 6.07) is 7.92. The first-order chi connectivity index (χ1) is 13.4. The fourth-order valence-corrected chi connectivity index (χ4v) is 3.09. The van der Waals surface area contributed by atoms with Crippen molar-refractivity contribution in [3.05, 3.63) is 52.4 Å². The molecule has 1 aliphatic rings. The minimum absolute atomic E-state index is 0.00820. The monoisotopic (exact) mass is 384 g/mol. The van der Waals surface area contributed by atoms with Crippen molar-refractivity contribution in [2.45, 2.75) is 26.2 Å². The number of aromatic nitrogens is 1. The molecule has 8 nitrogen and oxygen atoms in total. The van der Waals surface area contributed by atoms with Crippen LogP contribution in [0.3, 0.4) is 0 Å². The quantitative estimate of drug-likeness (QED) is 0.479. The van der Waals surface area contributed by atoms with Gasteiger partial charge in [-0.3, -0.25) is 19.0 Å². The van der Waals surface area contributed by atoms with Crippen LogP contribution in [0.4, 0.5) is 5.69 Å². The van der Waals surface area contributed by atoms with Gasteiger partial charge < -0.3 is 14.7 Å². The fraction of sp³-hybridized carbons (Fsp3) is 0.300. The summed E-state index contributed by atoms with van der Waals surface area (Å²) >= 11 is 0. The van der Waals surface area contributed by atoms with Crippen molar-refractivity contribution in [2.75, 3.05) is 18.1 Å². The van der Waals surface area contributed by atoms with Gasteiger partial charge in [0.15, 0.2) is 5.75 Å². The number of carbonyl (C=O) groups excluding carboxylic acids is 3. The Kier molecular flexibility index (Phi) is 5.58. The maximum Gasteiger partial charge on any atom is 0.379 e. The van der Waals surface area contributed by atoms with E-state index in [1.807, 2.05) is 0 Å². The third-order valence-electron chi connectivity index (χ3n) is 4.54. The van der Waals surface area contributed by atoms with Crippen molar-refractivity contribution < 1.29 is 24.2 Å². The largest absolute Gasteiger partial charge is 0.502 e. The Morgan fingerprint density at radius 1 is 1.07 bits per heavy atom. The Morgan fingerprint density at radius 3 is 2.39 bits per heavy atom. The summed E-state index contributed by atoms with van der Waals surface area (Å²) in [6.07, 6.45) is 3.65. The van der Waals surface area contributed by atoms with Gasteiger partial charge >= 0.3 is 5.97 Å². The highest BCUT2D eigenvalue weighted by Gasteiger charge is 2.24. The van der Waals surface area contributed by atoms with E-state index < -0.39 is 28.6 Å². The number of anilines is 1. The zero-order valence-electron chi connectivity index (χ0n) is 15.4. The fourth-order valence-electron chi connectivity index (χ4n) is 3.09. The second-order valence-corrected chi connectivity index (χ2v) is 6.32. The predicted octanol–water partition coefficient (Wildman–Crippen LogP) is 1.81. The molecule has 0 saturated carbocycles. The molecule has 1 saturated heterocycles. The second kappa shape index (κ2) is 8.08. The number of piperidine rings is 1. The molecule has 3 rings (SSSR count). The molecule has 1 amide bonds. The molecule has 146 valence electrons. The first-order valence-electron chi connectivity index (χ1n) is 9.01. The van der Waals surface area contributed by atoms with Crippen LogP contribution in [0.1, 0.15) is 36.5 Å². The molecule has 1 fully saturated rings. The van der Waals surface area contributed by atoms with Gasteiger partial charge in [-0.1, -0.05) is 0 Å². The molecule has 1 aromatic carbocycles. The SMILES string of the molecule is CCOC(=O)C(=O)c1ccn(-c2ccc(N3CCCCC3=O)cc2)c(=O)c1O. The number of aromatic hydroxyl groups is 1. The summed E-state index contributed by atoms with van der Waals surface area (Å²) in [6.45, 7) is 2.21. The molecule has 0 unspecified atom stereocenters. The Bertz CT molecular complexity index is 977. The smallest absolute Gasteiger partial charge is 0.379 e. The van der Waals surface area contributed by atoms with Crippen molar-refractivity contribution in [3.63, 3.8) is 0 Å². The van der Waals surface area contributed by atoms with Gasteiger partial charge in [0.25, 0.3) is 11.3 Å². The van der Waals surface area contributed by atoms with Gasteiger partial charge in [-0.2, -0.15) is 0 Å². The molecule has 1 N–H and O–H groups in total. The van der Waals surface area contributed by atoms with Gasteiger partial charge in [-0.15, -0.1) is 0 Å². The van der Waals surface area contributed by atoms with E-state index in [0.29, 0.717) is 18.7 Å². The minimum atomic E-state index is -1.13. The molecule has 0 radical (unpaired) electrons. The Morgan fingerprint density at radius 2 is 1.75 bits per heavy atom. The van der Waals surface area contributed by atoms with Gasteiger partial charge in [0, 0.05) is 30.5 Å². The number of amides is 1. The van der Waals surface area contributed by atoms with Crippen molar-refractivity contribution in [2.24, 2.45) is 0 Å². The van der Waals surface area contributed by atoms with Crippen LogP contribution < -0.4 is 10.5 Å². The minimum Gasteiger partial charge on any atom is -0.502 e. The van der Waals surface area contributed by atoms with E-state index in [4.69, 9.17) is 0 Å². The van der Waals surface area contributed by atoms with Crippen LogP contribution in [0.2, 0.25) is 0 Å². The molecule has 2 heterocycles. The Hall–Kier alpha value is -3.42. The summed E-state index contributed by atoms with van der Waals surface area (Å²) in [5, 5.41) is 10.1. The average molecular weight is 384 g/mol. The number of carbonyl (C=O) groups is 3. The van der Waals surface area contributed by atoms with E-state index in [2.05, 4.69) is 4.74 Å². The van der Waals surface area contributed by atoms with Crippen LogP contribution in [0.15, 0.2) is 41.3 Å². The second-order valence-electron chi connectivity index (χ2n) is 6.32. The first kappa shape index (κ1) is 19.3. The Balaban J connectivity index is 1.89. The molecule has 28 heavy (non-hydrogen) atoms. The van der Waals surface area contributed by atoms with Crippen LogP contribution >= 0.6 is 0 Å². The van der Waals surface area contributed by atoms with Gasteiger partial charge in [0.1, 0.15) is 0 Å². The highest BCUT2D eigenvalue weighted by molar-refractivity contribution is 6.41. The number of hydrogen-bond acceptors (Lipinski definition) is 6. The van der Waals surface area contributed by atoms with E-state index in [0.717, 1.165) is 23.1 Å². The molecule has 0 atom stereocenters. The van der Waals surface area contributed by atoms with Gasteiger partial charge in [-0.25, -0.2) is 4.79 Å². The third-order valence-corrected chi connectivity index (χ3v) is 4.54. The van der Waals surface area contributed by atoms with Crippen molar-refractivity contribution >= 4 is 23.3 Å². The summed E-state index contributed by atoms with van der Waals surface area (Å²) in [5.74, 6) is -2.97. The van der Waals surface area contributed by atoms with E-state index in [9.17, 15) is 24.3 Å². The van der Waals surface area contributed by atoms with Crippen molar-refractivity contribution in [1.29, 1.82) is 0 Å². The molecule has 8 heteroatoms. The van der Waals surface area contributed by atoms with E-state index >= 15 is 0 Å². The molecule has 1 aliphatic heterocycles. The van der Waals surface area contributed by atoms with E-state index in [1.54, 1.807) is 36.1 Å². The van der Waals surface area contributed by atoms with E-state index in [-0.39, 0.29) is 12.5 Å². The number of ketones is 1. The van der Waals surface area contributed by atoms with Crippen LogP contribution in [-0.4, -0.2) is 40.5 Å². The lowest BCUT2D eigenvalue weighted by atomic mass is 10.1. The van der Waals surface area contributed by atoms with E-state index in [1.165, 1.54) is 12.3 Å². The zero-order chi connectivity index (χ0) is 20.3. The maximum atomic E-state index is 12.5. The van der Waals surface area contributed by atoms with Crippen molar-refractivity contribution in [3.8, 4) is 11.4 Å². The van der Waals surface area contributed by atoms with Crippen LogP contribution in [-0.2, 0) is 14.3 Å². The summed E-state index contributed by atoms with van der Waals surface area (Å²) in [4.78, 5) is 49.7. The molecule has 2 aromatic rings.